The summed E-state index contributed by atoms with van der Waals surface area (Å²) in [5, 5.41) is 4.54. The summed E-state index contributed by atoms with van der Waals surface area (Å²) in [5.41, 5.74) is 6.27. The summed E-state index contributed by atoms with van der Waals surface area (Å²) in [4.78, 5) is 17.3. The second-order valence-corrected chi connectivity index (χ2v) is 9.64. The Hall–Kier alpha value is -2.97. The molecule has 0 saturated carbocycles. The Balaban J connectivity index is 1.27. The third-order valence-corrected chi connectivity index (χ3v) is 6.87. The standard InChI is InChI=1S/C28H32N6S/c1-33-14-16-34(17-15-33)13-5-12-29-19-21-8-10-23(11-9-21)26-25(22-6-3-2-4-7-22)18-24-20-30-28(35)32-27(24)31-26/h2-4,6-11,18,20,29H,5,12-17,19H2,1H3,(H,30,31,32,35). The van der Waals surface area contributed by atoms with Crippen molar-refractivity contribution < 1.29 is 0 Å². The molecule has 3 heterocycles. The van der Waals surface area contributed by atoms with Crippen molar-refractivity contribution in [1.29, 1.82) is 0 Å². The molecule has 1 aliphatic rings. The predicted octanol–water partition coefficient (Wildman–Crippen LogP) is 4.75. The first kappa shape index (κ1) is 23.8. The lowest BCUT2D eigenvalue weighted by atomic mass is 9.98. The van der Waals surface area contributed by atoms with Gasteiger partial charge in [0, 0.05) is 55.4 Å². The molecule has 0 radical (unpaired) electrons. The number of likely N-dealkylation sites (N-methyl/N-ethyl adjacent to an activating group) is 1. The van der Waals surface area contributed by atoms with Gasteiger partial charge in [-0.2, -0.15) is 0 Å². The third-order valence-electron chi connectivity index (χ3n) is 6.66. The minimum Gasteiger partial charge on any atom is -0.315 e. The molecule has 0 bridgehead atoms. The van der Waals surface area contributed by atoms with Gasteiger partial charge in [0.25, 0.3) is 0 Å². The van der Waals surface area contributed by atoms with E-state index in [1.54, 1.807) is 6.20 Å². The molecule has 0 aliphatic carbocycles. The summed E-state index contributed by atoms with van der Waals surface area (Å²) in [5.74, 6) is 0. The maximum atomic E-state index is 5.23. The molecule has 0 amide bonds. The topological polar surface area (TPSA) is 60.1 Å². The molecular formula is C28H32N6S. The summed E-state index contributed by atoms with van der Waals surface area (Å²) < 4.78 is 0.442. The molecular weight excluding hydrogens is 452 g/mol. The van der Waals surface area contributed by atoms with Crippen LogP contribution in [0, 0.1) is 4.77 Å². The molecule has 0 spiro atoms. The number of hydrogen-bond acceptors (Lipinski definition) is 6. The van der Waals surface area contributed by atoms with Gasteiger partial charge in [0.15, 0.2) is 4.77 Å². The van der Waals surface area contributed by atoms with E-state index in [1.165, 1.54) is 44.7 Å². The van der Waals surface area contributed by atoms with E-state index in [9.17, 15) is 0 Å². The largest absolute Gasteiger partial charge is 0.315 e. The van der Waals surface area contributed by atoms with Crippen molar-refractivity contribution in [1.82, 2.24) is 30.1 Å². The fourth-order valence-electron chi connectivity index (χ4n) is 4.56. The number of aromatic amines is 1. The summed E-state index contributed by atoms with van der Waals surface area (Å²) in [7, 11) is 2.20. The molecule has 5 rings (SSSR count). The number of nitrogens with zero attached hydrogens (tertiary/aromatic N) is 4. The summed E-state index contributed by atoms with van der Waals surface area (Å²) in [6.07, 6.45) is 2.97. The van der Waals surface area contributed by atoms with Crippen LogP contribution < -0.4 is 5.32 Å². The number of aromatic nitrogens is 3. The monoisotopic (exact) mass is 484 g/mol. The van der Waals surface area contributed by atoms with Crippen LogP contribution in [-0.4, -0.2) is 71.1 Å². The van der Waals surface area contributed by atoms with Crippen LogP contribution >= 0.6 is 12.2 Å². The number of pyridine rings is 1. The van der Waals surface area contributed by atoms with Crippen molar-refractivity contribution in [3.63, 3.8) is 0 Å². The quantitative estimate of drug-likeness (QED) is 0.278. The normalized spacial score (nSPS) is 15.0. The highest BCUT2D eigenvalue weighted by Crippen LogP contribution is 2.32. The highest BCUT2D eigenvalue weighted by molar-refractivity contribution is 7.71. The minimum atomic E-state index is 0.442. The van der Waals surface area contributed by atoms with E-state index in [-0.39, 0.29) is 0 Å². The van der Waals surface area contributed by atoms with E-state index in [4.69, 9.17) is 17.2 Å². The van der Waals surface area contributed by atoms with Gasteiger partial charge in [-0.05, 0) is 56.0 Å². The maximum absolute atomic E-state index is 5.23. The first-order valence-corrected chi connectivity index (χ1v) is 12.7. The Morgan fingerprint density at radius 2 is 1.74 bits per heavy atom. The van der Waals surface area contributed by atoms with E-state index >= 15 is 0 Å². The van der Waals surface area contributed by atoms with Gasteiger partial charge in [-0.3, -0.25) is 0 Å². The number of benzene rings is 2. The Kier molecular flexibility index (Phi) is 7.59. The fraction of sp³-hybridized carbons (Fsp3) is 0.321. The first-order valence-electron chi connectivity index (χ1n) is 12.3. The predicted molar refractivity (Wildman–Crippen MR) is 146 cm³/mol. The average Bonchev–Trinajstić information content (AvgIpc) is 2.90. The van der Waals surface area contributed by atoms with Crippen LogP contribution in [0.1, 0.15) is 12.0 Å². The minimum absolute atomic E-state index is 0.442. The maximum Gasteiger partial charge on any atom is 0.198 e. The molecule has 4 aromatic rings. The number of hydrogen-bond donors (Lipinski definition) is 2. The molecule has 0 unspecified atom stereocenters. The van der Waals surface area contributed by atoms with Gasteiger partial charge in [0.2, 0.25) is 0 Å². The van der Waals surface area contributed by atoms with E-state index in [0.29, 0.717) is 4.77 Å². The molecule has 2 N–H and O–H groups in total. The van der Waals surface area contributed by atoms with Gasteiger partial charge >= 0.3 is 0 Å². The van der Waals surface area contributed by atoms with Gasteiger partial charge in [-0.1, -0.05) is 54.6 Å². The smallest absolute Gasteiger partial charge is 0.198 e. The van der Waals surface area contributed by atoms with Gasteiger partial charge in [-0.25, -0.2) is 9.97 Å². The molecule has 2 aromatic carbocycles. The van der Waals surface area contributed by atoms with E-state index in [2.05, 4.69) is 86.7 Å². The van der Waals surface area contributed by atoms with E-state index in [0.717, 1.165) is 46.5 Å². The molecule has 1 aliphatic heterocycles. The Bertz CT molecular complexity index is 1310. The van der Waals surface area contributed by atoms with Crippen LogP contribution in [0.4, 0.5) is 0 Å². The van der Waals surface area contributed by atoms with Crippen molar-refractivity contribution >= 4 is 23.3 Å². The van der Waals surface area contributed by atoms with Gasteiger partial charge in [0.1, 0.15) is 5.65 Å². The molecule has 1 fully saturated rings. The van der Waals surface area contributed by atoms with Crippen LogP contribution in [0.5, 0.6) is 0 Å². The lowest BCUT2D eigenvalue weighted by Crippen LogP contribution is -2.45. The third kappa shape index (κ3) is 6.00. The molecule has 0 atom stereocenters. The first-order chi connectivity index (χ1) is 17.2. The lowest BCUT2D eigenvalue weighted by molar-refractivity contribution is 0.153. The SMILES string of the molecule is CN1CCN(CCCNCc2ccc(-c3nc4[nH]c(=S)ncc4cc3-c3ccccc3)cc2)CC1. The van der Waals surface area contributed by atoms with Gasteiger partial charge in [0.05, 0.1) is 5.69 Å². The zero-order valence-electron chi connectivity index (χ0n) is 20.2. The number of rotatable bonds is 8. The van der Waals surface area contributed by atoms with Crippen molar-refractivity contribution in [2.24, 2.45) is 0 Å². The van der Waals surface area contributed by atoms with Crippen molar-refractivity contribution in [3.8, 4) is 22.4 Å². The number of fused-ring (bicyclic) bond motifs is 1. The highest BCUT2D eigenvalue weighted by atomic mass is 32.1. The molecule has 1 saturated heterocycles. The van der Waals surface area contributed by atoms with Gasteiger partial charge < -0.3 is 20.1 Å². The molecule has 6 nitrogen and oxygen atoms in total. The number of piperazine rings is 1. The molecule has 35 heavy (non-hydrogen) atoms. The van der Waals surface area contributed by atoms with Crippen LogP contribution in [0.3, 0.4) is 0 Å². The number of H-pyrrole nitrogens is 1. The molecule has 7 heteroatoms. The highest BCUT2D eigenvalue weighted by Gasteiger charge is 2.13. The van der Waals surface area contributed by atoms with Crippen molar-refractivity contribution in [2.75, 3.05) is 46.3 Å². The lowest BCUT2D eigenvalue weighted by Gasteiger charge is -2.32. The zero-order valence-corrected chi connectivity index (χ0v) is 21.0. The van der Waals surface area contributed by atoms with Crippen LogP contribution in [0.25, 0.3) is 33.4 Å². The summed E-state index contributed by atoms with van der Waals surface area (Å²) >= 11 is 5.23. The number of nitrogens with one attached hydrogen (secondary N) is 2. The summed E-state index contributed by atoms with van der Waals surface area (Å²) in [6, 6.07) is 21.2. The Morgan fingerprint density at radius 3 is 2.51 bits per heavy atom. The molecule has 2 aromatic heterocycles. The summed E-state index contributed by atoms with van der Waals surface area (Å²) in [6.45, 7) is 7.82. The van der Waals surface area contributed by atoms with Crippen LogP contribution in [-0.2, 0) is 6.54 Å². The molecule has 180 valence electrons. The zero-order chi connectivity index (χ0) is 24.0. The Morgan fingerprint density at radius 1 is 0.971 bits per heavy atom. The van der Waals surface area contributed by atoms with E-state index < -0.39 is 0 Å². The van der Waals surface area contributed by atoms with E-state index in [1.807, 2.05) is 6.07 Å². The average molecular weight is 485 g/mol. The van der Waals surface area contributed by atoms with Crippen LogP contribution in [0.15, 0.2) is 66.9 Å². The fourth-order valence-corrected chi connectivity index (χ4v) is 4.71. The van der Waals surface area contributed by atoms with Crippen molar-refractivity contribution in [3.05, 3.63) is 77.2 Å². The second-order valence-electron chi connectivity index (χ2n) is 9.25. The van der Waals surface area contributed by atoms with Crippen molar-refractivity contribution in [2.45, 2.75) is 13.0 Å². The second kappa shape index (κ2) is 11.2. The van der Waals surface area contributed by atoms with Crippen LogP contribution in [0.2, 0.25) is 0 Å². The van der Waals surface area contributed by atoms with Gasteiger partial charge in [-0.15, -0.1) is 0 Å². The Labute approximate surface area is 212 Å².